The van der Waals surface area contributed by atoms with Crippen molar-refractivity contribution in [2.75, 3.05) is 13.7 Å². The van der Waals surface area contributed by atoms with Crippen LogP contribution in [-0.4, -0.2) is 18.8 Å². The highest BCUT2D eigenvalue weighted by Crippen LogP contribution is 2.25. The van der Waals surface area contributed by atoms with E-state index in [1.807, 2.05) is 24.3 Å². The van der Waals surface area contributed by atoms with Crippen molar-refractivity contribution in [1.29, 1.82) is 0 Å². The Labute approximate surface area is 133 Å². The van der Waals surface area contributed by atoms with Gasteiger partial charge in [0.2, 0.25) is 0 Å². The Morgan fingerprint density at radius 1 is 1.14 bits per heavy atom. The average Bonchev–Trinajstić information content (AvgIpc) is 2.55. The van der Waals surface area contributed by atoms with Crippen LogP contribution in [0.2, 0.25) is 0 Å². The molecule has 0 saturated carbocycles. The third-order valence-electron chi connectivity index (χ3n) is 4.24. The summed E-state index contributed by atoms with van der Waals surface area (Å²) in [5.74, 6) is 0.803. The first-order valence-corrected chi connectivity index (χ1v) is 7.63. The number of aliphatic hydroxyl groups excluding tert-OH is 1. The SMILES string of the molecule is COc1cccc(C(CO)NC(C)c2cccc(C)c2C)c1. The Morgan fingerprint density at radius 2 is 1.86 bits per heavy atom. The third kappa shape index (κ3) is 3.67. The molecule has 0 fully saturated rings. The number of aliphatic hydroxyl groups is 1. The van der Waals surface area contributed by atoms with E-state index in [9.17, 15) is 5.11 Å². The molecule has 2 rings (SSSR count). The van der Waals surface area contributed by atoms with Gasteiger partial charge in [-0.05, 0) is 55.2 Å². The van der Waals surface area contributed by atoms with Crippen molar-refractivity contribution in [2.24, 2.45) is 0 Å². The van der Waals surface area contributed by atoms with Gasteiger partial charge in [0.1, 0.15) is 5.75 Å². The molecule has 0 aliphatic heterocycles. The zero-order chi connectivity index (χ0) is 16.1. The van der Waals surface area contributed by atoms with Gasteiger partial charge in [0.25, 0.3) is 0 Å². The molecule has 2 aromatic rings. The van der Waals surface area contributed by atoms with E-state index in [1.165, 1.54) is 16.7 Å². The second kappa shape index (κ2) is 7.43. The standard InChI is InChI=1S/C19H25NO2/c1-13-7-5-10-18(14(13)2)15(3)20-19(12-21)16-8-6-9-17(11-16)22-4/h5-11,15,19-21H,12H2,1-4H3. The summed E-state index contributed by atoms with van der Waals surface area (Å²) in [5.41, 5.74) is 4.87. The van der Waals surface area contributed by atoms with Gasteiger partial charge in [-0.2, -0.15) is 0 Å². The van der Waals surface area contributed by atoms with Crippen LogP contribution >= 0.6 is 0 Å². The summed E-state index contributed by atoms with van der Waals surface area (Å²) >= 11 is 0. The summed E-state index contributed by atoms with van der Waals surface area (Å²) in [4.78, 5) is 0. The molecule has 2 N–H and O–H groups in total. The molecule has 3 nitrogen and oxygen atoms in total. The van der Waals surface area contributed by atoms with E-state index in [4.69, 9.17) is 4.74 Å². The molecule has 2 aromatic carbocycles. The van der Waals surface area contributed by atoms with Gasteiger partial charge < -0.3 is 15.2 Å². The Hall–Kier alpha value is -1.84. The zero-order valence-corrected chi connectivity index (χ0v) is 13.8. The molecule has 0 aliphatic carbocycles. The number of hydrogen-bond acceptors (Lipinski definition) is 3. The molecule has 2 unspecified atom stereocenters. The van der Waals surface area contributed by atoms with Gasteiger partial charge in [0.15, 0.2) is 0 Å². The summed E-state index contributed by atoms with van der Waals surface area (Å²) in [5, 5.41) is 13.3. The quantitative estimate of drug-likeness (QED) is 0.854. The molecule has 118 valence electrons. The molecule has 0 aliphatic rings. The highest BCUT2D eigenvalue weighted by Gasteiger charge is 2.16. The van der Waals surface area contributed by atoms with Crippen molar-refractivity contribution >= 4 is 0 Å². The lowest BCUT2D eigenvalue weighted by Crippen LogP contribution is -2.27. The average molecular weight is 299 g/mol. The lowest BCUT2D eigenvalue weighted by atomic mass is 9.97. The Kier molecular flexibility index (Phi) is 5.58. The van der Waals surface area contributed by atoms with Crippen LogP contribution in [-0.2, 0) is 0 Å². The number of nitrogens with one attached hydrogen (secondary N) is 1. The molecule has 0 spiro atoms. The molecule has 2 atom stereocenters. The molecular weight excluding hydrogens is 274 g/mol. The Bertz CT molecular complexity index is 625. The summed E-state index contributed by atoms with van der Waals surface area (Å²) in [6, 6.07) is 14.2. The van der Waals surface area contributed by atoms with E-state index >= 15 is 0 Å². The molecule has 0 radical (unpaired) electrons. The summed E-state index contributed by atoms with van der Waals surface area (Å²) in [7, 11) is 1.65. The van der Waals surface area contributed by atoms with Crippen molar-refractivity contribution in [3.63, 3.8) is 0 Å². The minimum absolute atomic E-state index is 0.0440. The van der Waals surface area contributed by atoms with E-state index in [0.29, 0.717) is 0 Å². The van der Waals surface area contributed by atoms with Crippen molar-refractivity contribution in [1.82, 2.24) is 5.32 Å². The Morgan fingerprint density at radius 3 is 2.55 bits per heavy atom. The van der Waals surface area contributed by atoms with Crippen molar-refractivity contribution in [2.45, 2.75) is 32.9 Å². The smallest absolute Gasteiger partial charge is 0.119 e. The number of methoxy groups -OCH3 is 1. The monoisotopic (exact) mass is 299 g/mol. The van der Waals surface area contributed by atoms with Crippen LogP contribution < -0.4 is 10.1 Å². The van der Waals surface area contributed by atoms with Gasteiger partial charge in [0, 0.05) is 6.04 Å². The summed E-state index contributed by atoms with van der Waals surface area (Å²) in [6.45, 7) is 6.44. The molecular formula is C19H25NO2. The van der Waals surface area contributed by atoms with Gasteiger partial charge in [-0.25, -0.2) is 0 Å². The van der Waals surface area contributed by atoms with Crippen molar-refractivity contribution < 1.29 is 9.84 Å². The maximum Gasteiger partial charge on any atom is 0.119 e. The van der Waals surface area contributed by atoms with E-state index in [2.05, 4.69) is 44.3 Å². The zero-order valence-electron chi connectivity index (χ0n) is 13.8. The van der Waals surface area contributed by atoms with E-state index in [-0.39, 0.29) is 18.7 Å². The molecule has 0 amide bonds. The van der Waals surface area contributed by atoms with Gasteiger partial charge in [-0.15, -0.1) is 0 Å². The molecule has 0 heterocycles. The first kappa shape index (κ1) is 16.5. The van der Waals surface area contributed by atoms with Crippen LogP contribution in [0.15, 0.2) is 42.5 Å². The van der Waals surface area contributed by atoms with Gasteiger partial charge in [-0.1, -0.05) is 30.3 Å². The second-order valence-electron chi connectivity index (χ2n) is 5.69. The fourth-order valence-corrected chi connectivity index (χ4v) is 2.75. The highest BCUT2D eigenvalue weighted by atomic mass is 16.5. The van der Waals surface area contributed by atoms with Crippen LogP contribution in [0.1, 0.15) is 41.3 Å². The van der Waals surface area contributed by atoms with Crippen LogP contribution in [0.3, 0.4) is 0 Å². The molecule has 3 heteroatoms. The third-order valence-corrected chi connectivity index (χ3v) is 4.24. The van der Waals surface area contributed by atoms with Crippen LogP contribution in [0.5, 0.6) is 5.75 Å². The number of hydrogen-bond donors (Lipinski definition) is 2. The van der Waals surface area contributed by atoms with Crippen molar-refractivity contribution in [3.05, 3.63) is 64.7 Å². The number of aryl methyl sites for hydroxylation is 1. The van der Waals surface area contributed by atoms with E-state index in [1.54, 1.807) is 7.11 Å². The largest absolute Gasteiger partial charge is 0.497 e. The van der Waals surface area contributed by atoms with E-state index < -0.39 is 0 Å². The molecule has 0 bridgehead atoms. The minimum atomic E-state index is -0.120. The van der Waals surface area contributed by atoms with Crippen LogP contribution in [0.25, 0.3) is 0 Å². The molecule has 0 aromatic heterocycles. The maximum atomic E-state index is 9.76. The molecule has 22 heavy (non-hydrogen) atoms. The number of ether oxygens (including phenoxy) is 1. The topological polar surface area (TPSA) is 41.5 Å². The first-order valence-electron chi connectivity index (χ1n) is 7.63. The predicted octanol–water partition coefficient (Wildman–Crippen LogP) is 3.70. The lowest BCUT2D eigenvalue weighted by molar-refractivity contribution is 0.235. The fourth-order valence-electron chi connectivity index (χ4n) is 2.75. The lowest BCUT2D eigenvalue weighted by Gasteiger charge is -2.24. The predicted molar refractivity (Wildman–Crippen MR) is 90.3 cm³/mol. The maximum absolute atomic E-state index is 9.76. The van der Waals surface area contributed by atoms with Crippen molar-refractivity contribution in [3.8, 4) is 5.75 Å². The normalized spacial score (nSPS) is 13.7. The van der Waals surface area contributed by atoms with Crippen LogP contribution in [0.4, 0.5) is 0 Å². The fraction of sp³-hybridized carbons (Fsp3) is 0.368. The van der Waals surface area contributed by atoms with Gasteiger partial charge in [-0.3, -0.25) is 0 Å². The van der Waals surface area contributed by atoms with Crippen LogP contribution in [0, 0.1) is 13.8 Å². The molecule has 0 saturated heterocycles. The van der Waals surface area contributed by atoms with E-state index in [0.717, 1.165) is 11.3 Å². The second-order valence-corrected chi connectivity index (χ2v) is 5.69. The van der Waals surface area contributed by atoms with Gasteiger partial charge in [0.05, 0.1) is 19.8 Å². The minimum Gasteiger partial charge on any atom is -0.497 e. The summed E-state index contributed by atoms with van der Waals surface area (Å²) < 4.78 is 5.26. The Balaban J connectivity index is 2.20. The summed E-state index contributed by atoms with van der Waals surface area (Å²) in [6.07, 6.45) is 0. The van der Waals surface area contributed by atoms with Gasteiger partial charge >= 0.3 is 0 Å². The number of rotatable bonds is 6. The number of benzene rings is 2. The first-order chi connectivity index (χ1) is 10.6. The highest BCUT2D eigenvalue weighted by molar-refractivity contribution is 5.36.